The molecule has 1 rings (SSSR count). The molecule has 0 saturated carbocycles. The predicted octanol–water partition coefficient (Wildman–Crippen LogP) is 6.49. The van der Waals surface area contributed by atoms with Crippen LogP contribution in [0.2, 0.25) is 0 Å². The van der Waals surface area contributed by atoms with Gasteiger partial charge in [0.25, 0.3) is 0 Å². The molecule has 2 nitrogen and oxygen atoms in total. The standard InChI is InChI=1S/C14H22N2S.C2H6/c1-9(2)10(3)13(16-15)11-7-8-12(17-11)14(4,5)6;1-2/h7-9,15H,1-6H3;1-2H3/b13-10-,16-15?;. The lowest BCUT2D eigenvalue weighted by molar-refractivity contribution is 0.604. The minimum absolute atomic E-state index is 0.168. The summed E-state index contributed by atoms with van der Waals surface area (Å²) in [7, 11) is 0. The average Bonchev–Trinajstić information content (AvgIpc) is 2.81. The number of hydrogen-bond donors (Lipinski definition) is 1. The molecule has 0 atom stereocenters. The summed E-state index contributed by atoms with van der Waals surface area (Å²) in [5, 5.41) is 3.71. The number of thiophene rings is 1. The van der Waals surface area contributed by atoms with Crippen molar-refractivity contribution in [1.82, 2.24) is 0 Å². The molecule has 0 aromatic carbocycles. The number of allylic oxidation sites excluding steroid dienone is 1. The summed E-state index contributed by atoms with van der Waals surface area (Å²) in [6, 6.07) is 4.24. The Morgan fingerprint density at radius 3 is 2.05 bits per heavy atom. The number of nitrogens with one attached hydrogen (secondary N) is 1. The zero-order valence-electron chi connectivity index (χ0n) is 13.6. The van der Waals surface area contributed by atoms with Crippen LogP contribution in [-0.4, -0.2) is 0 Å². The monoisotopic (exact) mass is 280 g/mol. The van der Waals surface area contributed by atoms with Gasteiger partial charge in [-0.25, -0.2) is 5.53 Å². The van der Waals surface area contributed by atoms with Crippen LogP contribution in [0.3, 0.4) is 0 Å². The molecule has 1 N–H and O–H groups in total. The van der Waals surface area contributed by atoms with Crippen LogP contribution in [0.1, 0.15) is 65.1 Å². The second kappa shape index (κ2) is 7.59. The second-order valence-corrected chi connectivity index (χ2v) is 6.80. The smallest absolute Gasteiger partial charge is 0.101 e. The fourth-order valence-electron chi connectivity index (χ4n) is 1.48. The summed E-state index contributed by atoms with van der Waals surface area (Å²) in [5.74, 6) is 0.430. The Hall–Kier alpha value is -0.960. The fourth-order valence-corrected chi connectivity index (χ4v) is 2.60. The Kier molecular flexibility index (Phi) is 7.20. The van der Waals surface area contributed by atoms with Gasteiger partial charge in [-0.3, -0.25) is 0 Å². The van der Waals surface area contributed by atoms with Crippen molar-refractivity contribution < 1.29 is 0 Å². The van der Waals surface area contributed by atoms with Crippen molar-refractivity contribution in [3.05, 3.63) is 27.5 Å². The molecule has 3 heteroatoms. The minimum atomic E-state index is 0.168. The Morgan fingerprint density at radius 1 is 1.21 bits per heavy atom. The van der Waals surface area contributed by atoms with E-state index in [0.29, 0.717) is 5.92 Å². The minimum Gasteiger partial charge on any atom is -0.204 e. The first-order valence-corrected chi connectivity index (χ1v) is 7.78. The summed E-state index contributed by atoms with van der Waals surface area (Å²) in [5.41, 5.74) is 9.55. The van der Waals surface area contributed by atoms with E-state index < -0.39 is 0 Å². The van der Waals surface area contributed by atoms with Crippen LogP contribution < -0.4 is 0 Å². The van der Waals surface area contributed by atoms with E-state index in [2.05, 4.69) is 58.8 Å². The lowest BCUT2D eigenvalue weighted by Crippen LogP contribution is -2.07. The summed E-state index contributed by atoms with van der Waals surface area (Å²) in [4.78, 5) is 2.45. The SMILES string of the molecule is C/C(=C(/N=N)c1ccc(C(C)(C)C)s1)C(C)C.CC. The molecule has 1 aromatic heterocycles. The number of nitrogens with zero attached hydrogens (tertiary/aromatic N) is 1. The largest absolute Gasteiger partial charge is 0.204 e. The zero-order valence-corrected chi connectivity index (χ0v) is 14.4. The highest BCUT2D eigenvalue weighted by Gasteiger charge is 2.18. The van der Waals surface area contributed by atoms with E-state index in [1.165, 1.54) is 10.5 Å². The van der Waals surface area contributed by atoms with E-state index in [1.807, 2.05) is 13.8 Å². The first kappa shape index (κ1) is 18.0. The molecule has 0 aliphatic heterocycles. The molecule has 1 aromatic rings. The van der Waals surface area contributed by atoms with Crippen LogP contribution in [0.5, 0.6) is 0 Å². The van der Waals surface area contributed by atoms with Gasteiger partial charge in [0.15, 0.2) is 0 Å². The van der Waals surface area contributed by atoms with Gasteiger partial charge in [0, 0.05) is 4.88 Å². The summed E-state index contributed by atoms with van der Waals surface area (Å²) in [6.45, 7) is 17.0. The van der Waals surface area contributed by atoms with Crippen LogP contribution >= 0.6 is 11.3 Å². The van der Waals surface area contributed by atoms with Crippen molar-refractivity contribution in [2.45, 2.75) is 60.8 Å². The molecule has 19 heavy (non-hydrogen) atoms. The van der Waals surface area contributed by atoms with Crippen molar-refractivity contribution in [3.63, 3.8) is 0 Å². The Balaban J connectivity index is 0.00000154. The third-order valence-corrected chi connectivity index (χ3v) is 4.45. The number of hydrogen-bond acceptors (Lipinski definition) is 3. The molecule has 0 aliphatic carbocycles. The van der Waals surface area contributed by atoms with Gasteiger partial charge >= 0.3 is 0 Å². The van der Waals surface area contributed by atoms with Crippen LogP contribution in [0.4, 0.5) is 0 Å². The summed E-state index contributed by atoms with van der Waals surface area (Å²) < 4.78 is 0. The van der Waals surface area contributed by atoms with Gasteiger partial charge in [0.2, 0.25) is 0 Å². The predicted molar refractivity (Wildman–Crippen MR) is 86.9 cm³/mol. The molecule has 0 unspecified atom stereocenters. The summed E-state index contributed by atoms with van der Waals surface area (Å²) in [6.07, 6.45) is 0. The topological polar surface area (TPSA) is 36.2 Å². The fraction of sp³-hybridized carbons (Fsp3) is 0.625. The van der Waals surface area contributed by atoms with Gasteiger partial charge < -0.3 is 0 Å². The molecular formula is C16H28N2S. The van der Waals surface area contributed by atoms with Gasteiger partial charge in [0.05, 0.1) is 4.88 Å². The van der Waals surface area contributed by atoms with E-state index in [-0.39, 0.29) is 5.41 Å². The maximum Gasteiger partial charge on any atom is 0.101 e. The van der Waals surface area contributed by atoms with E-state index in [1.54, 1.807) is 11.3 Å². The maximum absolute atomic E-state index is 7.36. The van der Waals surface area contributed by atoms with Crippen LogP contribution in [0.15, 0.2) is 22.8 Å². The van der Waals surface area contributed by atoms with E-state index in [4.69, 9.17) is 5.53 Å². The molecule has 0 saturated heterocycles. The van der Waals surface area contributed by atoms with Gasteiger partial charge in [-0.2, -0.15) is 5.11 Å². The maximum atomic E-state index is 7.36. The average molecular weight is 280 g/mol. The third-order valence-electron chi connectivity index (χ3n) is 2.93. The van der Waals surface area contributed by atoms with Crippen molar-refractivity contribution >= 4 is 17.0 Å². The van der Waals surface area contributed by atoms with Crippen LogP contribution in [0.25, 0.3) is 5.70 Å². The molecule has 0 spiro atoms. The van der Waals surface area contributed by atoms with E-state index in [0.717, 1.165) is 10.6 Å². The van der Waals surface area contributed by atoms with Gasteiger partial charge in [0.1, 0.15) is 5.70 Å². The zero-order chi connectivity index (χ0) is 15.2. The molecule has 0 radical (unpaired) electrons. The first-order valence-electron chi connectivity index (χ1n) is 6.96. The molecule has 0 aliphatic rings. The van der Waals surface area contributed by atoms with Crippen LogP contribution in [-0.2, 0) is 5.41 Å². The van der Waals surface area contributed by atoms with Crippen molar-refractivity contribution in [2.24, 2.45) is 11.0 Å². The van der Waals surface area contributed by atoms with Gasteiger partial charge in [-0.05, 0) is 36.0 Å². The highest BCUT2D eigenvalue weighted by molar-refractivity contribution is 7.13. The number of rotatable bonds is 3. The Labute approximate surface area is 122 Å². The highest BCUT2D eigenvalue weighted by Crippen LogP contribution is 2.35. The molecule has 0 bridgehead atoms. The van der Waals surface area contributed by atoms with E-state index >= 15 is 0 Å². The Morgan fingerprint density at radius 2 is 1.74 bits per heavy atom. The lowest BCUT2D eigenvalue weighted by atomic mass is 9.95. The van der Waals surface area contributed by atoms with Crippen molar-refractivity contribution in [2.75, 3.05) is 0 Å². The van der Waals surface area contributed by atoms with Crippen molar-refractivity contribution in [1.29, 1.82) is 5.53 Å². The lowest BCUT2D eigenvalue weighted by Gasteiger charge is -2.15. The molecule has 0 fully saturated rings. The molecule has 1 heterocycles. The second-order valence-electron chi connectivity index (χ2n) is 5.71. The molecule has 108 valence electrons. The normalized spacial score (nSPS) is 12.7. The van der Waals surface area contributed by atoms with Crippen LogP contribution in [0, 0.1) is 11.4 Å². The molecule has 0 amide bonds. The highest BCUT2D eigenvalue weighted by atomic mass is 32.1. The molecular weight excluding hydrogens is 252 g/mol. The van der Waals surface area contributed by atoms with E-state index in [9.17, 15) is 0 Å². The third kappa shape index (κ3) is 4.90. The first-order chi connectivity index (χ1) is 8.77. The Bertz CT molecular complexity index is 434. The quantitative estimate of drug-likeness (QED) is 0.614. The van der Waals surface area contributed by atoms with Crippen molar-refractivity contribution in [3.8, 4) is 0 Å². The summed E-state index contributed by atoms with van der Waals surface area (Å²) >= 11 is 1.75. The van der Waals surface area contributed by atoms with Gasteiger partial charge in [-0.15, -0.1) is 11.3 Å². The van der Waals surface area contributed by atoms with Gasteiger partial charge in [-0.1, -0.05) is 48.5 Å².